The molecule has 0 unspecified atom stereocenters. The van der Waals surface area contributed by atoms with E-state index in [4.69, 9.17) is 4.74 Å². The van der Waals surface area contributed by atoms with Crippen molar-refractivity contribution in [3.05, 3.63) is 64.6 Å². The van der Waals surface area contributed by atoms with Gasteiger partial charge in [0.2, 0.25) is 5.91 Å². The number of nitrogens with zero attached hydrogens (tertiary/aromatic N) is 1. The summed E-state index contributed by atoms with van der Waals surface area (Å²) in [6.07, 6.45) is 1.28. The minimum Gasteiger partial charge on any atom is -0.465 e. The highest BCUT2D eigenvalue weighted by atomic mass is 79.9. The van der Waals surface area contributed by atoms with Crippen LogP contribution >= 0.6 is 15.9 Å². The fourth-order valence-electron chi connectivity index (χ4n) is 3.70. The topological polar surface area (TPSA) is 58.6 Å². The molecule has 0 aromatic heterocycles. The molecule has 1 aliphatic rings. The predicted octanol–water partition coefficient (Wildman–Crippen LogP) is 3.98. The predicted molar refractivity (Wildman–Crippen MR) is 113 cm³/mol. The summed E-state index contributed by atoms with van der Waals surface area (Å²) in [4.78, 5) is 27.3. The number of anilines is 1. The van der Waals surface area contributed by atoms with E-state index < -0.39 is 5.41 Å². The minimum absolute atomic E-state index is 0.0542. The zero-order valence-electron chi connectivity index (χ0n) is 16.0. The highest BCUT2D eigenvalue weighted by Gasteiger charge is 2.44. The van der Waals surface area contributed by atoms with Crippen LogP contribution in [0.25, 0.3) is 0 Å². The highest BCUT2D eigenvalue weighted by molar-refractivity contribution is 9.10. The van der Waals surface area contributed by atoms with Crippen molar-refractivity contribution in [2.24, 2.45) is 0 Å². The molecule has 1 amide bonds. The number of carbonyl (C=O) groups excluding carboxylic acids is 2. The summed E-state index contributed by atoms with van der Waals surface area (Å²) in [6, 6.07) is 17.4. The maximum absolute atomic E-state index is 12.8. The first-order valence-electron chi connectivity index (χ1n) is 9.54. The summed E-state index contributed by atoms with van der Waals surface area (Å²) >= 11 is 3.41. The Morgan fingerprint density at radius 3 is 2.46 bits per heavy atom. The third-order valence-electron chi connectivity index (χ3n) is 5.18. The Morgan fingerprint density at radius 2 is 1.82 bits per heavy atom. The van der Waals surface area contributed by atoms with Crippen LogP contribution in [0.3, 0.4) is 0 Å². The smallest absolute Gasteiger partial charge is 0.316 e. The van der Waals surface area contributed by atoms with Gasteiger partial charge in [-0.15, -0.1) is 0 Å². The van der Waals surface area contributed by atoms with Gasteiger partial charge >= 0.3 is 5.97 Å². The van der Waals surface area contributed by atoms with Gasteiger partial charge in [0.1, 0.15) is 0 Å². The Labute approximate surface area is 174 Å². The van der Waals surface area contributed by atoms with Gasteiger partial charge in [0, 0.05) is 23.2 Å². The summed E-state index contributed by atoms with van der Waals surface area (Å²) in [5, 5.41) is 2.92. The van der Waals surface area contributed by atoms with E-state index in [1.807, 2.05) is 61.5 Å². The molecule has 3 rings (SSSR count). The number of nitrogens with one attached hydrogen (secondary N) is 1. The number of hydrogen-bond acceptors (Lipinski definition) is 4. The van der Waals surface area contributed by atoms with E-state index >= 15 is 0 Å². The lowest BCUT2D eigenvalue weighted by atomic mass is 9.72. The average Bonchev–Trinajstić information content (AvgIpc) is 2.69. The molecule has 0 spiro atoms. The molecule has 0 atom stereocenters. The van der Waals surface area contributed by atoms with Crippen molar-refractivity contribution in [3.8, 4) is 0 Å². The van der Waals surface area contributed by atoms with Crippen LogP contribution in [-0.2, 0) is 19.7 Å². The fourth-order valence-corrected chi connectivity index (χ4v) is 4.10. The number of carbonyl (C=O) groups is 2. The molecule has 0 aliphatic carbocycles. The summed E-state index contributed by atoms with van der Waals surface area (Å²) in [5.41, 5.74) is 1.13. The van der Waals surface area contributed by atoms with Crippen LogP contribution in [0.15, 0.2) is 59.1 Å². The number of halogens is 1. The van der Waals surface area contributed by atoms with E-state index in [0.717, 1.165) is 15.7 Å². The molecule has 1 heterocycles. The summed E-state index contributed by atoms with van der Waals surface area (Å²) in [7, 11) is 0. The Bertz CT molecular complexity index is 818. The van der Waals surface area contributed by atoms with Gasteiger partial charge < -0.3 is 10.1 Å². The largest absolute Gasteiger partial charge is 0.465 e. The maximum atomic E-state index is 12.8. The molecule has 1 aliphatic heterocycles. The second-order valence-electron chi connectivity index (χ2n) is 7.00. The Hall–Kier alpha value is -2.18. The molecule has 28 heavy (non-hydrogen) atoms. The van der Waals surface area contributed by atoms with Crippen molar-refractivity contribution in [1.29, 1.82) is 0 Å². The van der Waals surface area contributed by atoms with Gasteiger partial charge in [0.05, 0.1) is 18.6 Å². The number of hydrogen-bond donors (Lipinski definition) is 1. The molecular formula is C22H25BrN2O3. The van der Waals surface area contributed by atoms with Crippen molar-refractivity contribution in [3.63, 3.8) is 0 Å². The van der Waals surface area contributed by atoms with Crippen molar-refractivity contribution >= 4 is 33.5 Å². The first-order valence-corrected chi connectivity index (χ1v) is 10.3. The number of amides is 1. The quantitative estimate of drug-likeness (QED) is 0.684. The molecule has 1 saturated heterocycles. The van der Waals surface area contributed by atoms with E-state index in [1.165, 1.54) is 0 Å². The van der Waals surface area contributed by atoms with E-state index in [2.05, 4.69) is 26.1 Å². The monoisotopic (exact) mass is 444 g/mol. The van der Waals surface area contributed by atoms with Gasteiger partial charge in [0.15, 0.2) is 0 Å². The molecule has 0 saturated carbocycles. The van der Waals surface area contributed by atoms with Crippen LogP contribution in [-0.4, -0.2) is 43.0 Å². The molecule has 2 aromatic rings. The lowest BCUT2D eigenvalue weighted by molar-refractivity contribution is -0.152. The lowest BCUT2D eigenvalue weighted by Gasteiger charge is -2.40. The van der Waals surface area contributed by atoms with Crippen LogP contribution in [0.4, 0.5) is 5.69 Å². The lowest BCUT2D eigenvalue weighted by Crippen LogP contribution is -2.49. The Kier molecular flexibility index (Phi) is 6.86. The first-order chi connectivity index (χ1) is 13.5. The normalized spacial score (nSPS) is 16.4. The SMILES string of the molecule is CCOC(=O)C1(c2ccccc2)CCN(CC(=O)Nc2cccc(Br)c2)CC1. The summed E-state index contributed by atoms with van der Waals surface area (Å²) < 4.78 is 6.33. The molecule has 5 nitrogen and oxygen atoms in total. The zero-order valence-corrected chi connectivity index (χ0v) is 17.6. The first kappa shape index (κ1) is 20.6. The molecule has 1 N–H and O–H groups in total. The number of rotatable bonds is 6. The summed E-state index contributed by atoms with van der Waals surface area (Å²) in [5.74, 6) is -0.221. The molecule has 0 bridgehead atoms. The van der Waals surface area contributed by atoms with E-state index in [0.29, 0.717) is 39.1 Å². The van der Waals surface area contributed by atoms with Crippen molar-refractivity contribution in [2.75, 3.05) is 31.6 Å². The maximum Gasteiger partial charge on any atom is 0.316 e. The zero-order chi connectivity index (χ0) is 20.0. The minimum atomic E-state index is -0.630. The van der Waals surface area contributed by atoms with Gasteiger partial charge in [-0.3, -0.25) is 14.5 Å². The van der Waals surface area contributed by atoms with Gasteiger partial charge in [-0.2, -0.15) is 0 Å². The second kappa shape index (κ2) is 9.34. The molecular weight excluding hydrogens is 420 g/mol. The van der Waals surface area contributed by atoms with Crippen LogP contribution < -0.4 is 5.32 Å². The number of ether oxygens (including phenoxy) is 1. The average molecular weight is 445 g/mol. The molecule has 2 aromatic carbocycles. The van der Waals surface area contributed by atoms with Crippen molar-refractivity contribution in [1.82, 2.24) is 4.90 Å². The Morgan fingerprint density at radius 1 is 1.11 bits per heavy atom. The van der Waals surface area contributed by atoms with Gasteiger partial charge in [0.25, 0.3) is 0 Å². The van der Waals surface area contributed by atoms with Crippen molar-refractivity contribution < 1.29 is 14.3 Å². The molecule has 6 heteroatoms. The summed E-state index contributed by atoms with van der Waals surface area (Å²) in [6.45, 7) is 3.84. The van der Waals surface area contributed by atoms with Crippen molar-refractivity contribution in [2.45, 2.75) is 25.2 Å². The number of esters is 1. The third-order valence-corrected chi connectivity index (χ3v) is 5.67. The van der Waals surface area contributed by atoms with E-state index in [1.54, 1.807) is 0 Å². The highest BCUT2D eigenvalue weighted by Crippen LogP contribution is 2.36. The van der Waals surface area contributed by atoms with Crippen LogP contribution in [0.2, 0.25) is 0 Å². The number of likely N-dealkylation sites (tertiary alicyclic amines) is 1. The number of piperidine rings is 1. The van der Waals surface area contributed by atoms with Gasteiger partial charge in [-0.05, 0) is 43.5 Å². The molecule has 0 radical (unpaired) electrons. The van der Waals surface area contributed by atoms with Crippen LogP contribution in [0.1, 0.15) is 25.3 Å². The third kappa shape index (κ3) is 4.80. The standard InChI is InChI=1S/C22H25BrN2O3/c1-2-28-21(27)22(17-7-4-3-5-8-17)11-13-25(14-12-22)16-20(26)24-19-10-6-9-18(23)15-19/h3-10,15H,2,11-14,16H2,1H3,(H,24,26). The Balaban J connectivity index is 1.64. The second-order valence-corrected chi connectivity index (χ2v) is 7.92. The van der Waals surface area contributed by atoms with E-state index in [9.17, 15) is 9.59 Å². The number of benzene rings is 2. The fraction of sp³-hybridized carbons (Fsp3) is 0.364. The van der Waals surface area contributed by atoms with E-state index in [-0.39, 0.29) is 11.9 Å². The van der Waals surface area contributed by atoms with Gasteiger partial charge in [-0.1, -0.05) is 52.3 Å². The molecule has 1 fully saturated rings. The van der Waals surface area contributed by atoms with Crippen LogP contribution in [0.5, 0.6) is 0 Å². The molecule has 148 valence electrons. The van der Waals surface area contributed by atoms with Crippen LogP contribution in [0, 0.1) is 0 Å². The van der Waals surface area contributed by atoms with Gasteiger partial charge in [-0.25, -0.2) is 0 Å².